The van der Waals surface area contributed by atoms with Crippen LogP contribution in [0, 0.1) is 22.0 Å². The molecule has 1 aliphatic rings. The van der Waals surface area contributed by atoms with Gasteiger partial charge in [-0.1, -0.05) is 30.3 Å². The molecule has 3 atom stereocenters. The molecule has 2 rings (SSSR count). The van der Waals surface area contributed by atoms with Gasteiger partial charge >= 0.3 is 5.97 Å². The van der Waals surface area contributed by atoms with E-state index < -0.39 is 6.04 Å². The average Bonchev–Trinajstić information content (AvgIpc) is 2.93. The van der Waals surface area contributed by atoms with Crippen molar-refractivity contribution in [2.45, 2.75) is 45.1 Å². The van der Waals surface area contributed by atoms with E-state index in [0.717, 1.165) is 24.8 Å². The van der Waals surface area contributed by atoms with E-state index in [1.165, 1.54) is 0 Å². The topological polar surface area (TPSA) is 69.4 Å². The van der Waals surface area contributed by atoms with E-state index in [9.17, 15) is 14.9 Å². The van der Waals surface area contributed by atoms with Crippen molar-refractivity contribution in [2.75, 3.05) is 6.61 Å². The lowest BCUT2D eigenvalue weighted by atomic mass is 9.91. The van der Waals surface area contributed by atoms with Gasteiger partial charge < -0.3 is 4.74 Å². The van der Waals surface area contributed by atoms with Crippen molar-refractivity contribution in [3.8, 4) is 0 Å². The molecular weight excluding hydrogens is 282 g/mol. The molecule has 5 nitrogen and oxygen atoms in total. The van der Waals surface area contributed by atoms with Crippen LogP contribution >= 0.6 is 0 Å². The Morgan fingerprint density at radius 1 is 1.36 bits per heavy atom. The molecule has 0 N–H and O–H groups in total. The number of carbonyl (C=O) groups excluding carboxylic acids is 1. The maximum absolute atomic E-state index is 11.5. The van der Waals surface area contributed by atoms with E-state index >= 15 is 0 Å². The van der Waals surface area contributed by atoms with Gasteiger partial charge in [-0.05, 0) is 37.7 Å². The second kappa shape index (κ2) is 7.92. The summed E-state index contributed by atoms with van der Waals surface area (Å²) >= 11 is 0. The van der Waals surface area contributed by atoms with Gasteiger partial charge in [0.05, 0.1) is 6.61 Å². The SMILES string of the molecule is CCOC(=O)CC1CCC(C(Cc2ccccc2)[N+](=O)[O-])C1. The van der Waals surface area contributed by atoms with E-state index in [4.69, 9.17) is 4.74 Å². The first-order valence-corrected chi connectivity index (χ1v) is 7.93. The van der Waals surface area contributed by atoms with Crippen LogP contribution in [0.5, 0.6) is 0 Å². The Bertz CT molecular complexity index is 503. The van der Waals surface area contributed by atoms with Gasteiger partial charge in [0.2, 0.25) is 6.04 Å². The molecule has 0 amide bonds. The van der Waals surface area contributed by atoms with Crippen molar-refractivity contribution in [1.29, 1.82) is 0 Å². The molecule has 0 spiro atoms. The Labute approximate surface area is 130 Å². The van der Waals surface area contributed by atoms with Crippen LogP contribution in [-0.2, 0) is 16.0 Å². The predicted octanol–water partition coefficient (Wildman–Crippen LogP) is 3.24. The number of hydrogen-bond donors (Lipinski definition) is 0. The standard InChI is InChI=1S/C17H23NO4/c1-2-22-17(19)12-14-8-9-15(10-14)16(18(20)21)11-13-6-4-3-5-7-13/h3-7,14-16H,2,8-12H2,1H3. The minimum absolute atomic E-state index is 0.0506. The van der Waals surface area contributed by atoms with Crippen molar-refractivity contribution >= 4 is 5.97 Å². The molecule has 0 heterocycles. The van der Waals surface area contributed by atoms with Crippen LogP contribution in [0.1, 0.15) is 38.2 Å². The molecule has 0 radical (unpaired) electrons. The number of nitro groups is 1. The van der Waals surface area contributed by atoms with Crippen LogP contribution in [0.25, 0.3) is 0 Å². The molecule has 3 unspecified atom stereocenters. The Morgan fingerprint density at radius 2 is 2.09 bits per heavy atom. The molecule has 0 aromatic heterocycles. The lowest BCUT2D eigenvalue weighted by Gasteiger charge is -2.16. The lowest BCUT2D eigenvalue weighted by molar-refractivity contribution is -0.531. The molecule has 1 aromatic carbocycles. The fourth-order valence-electron chi connectivity index (χ4n) is 3.37. The fourth-order valence-corrected chi connectivity index (χ4v) is 3.37. The number of nitrogens with zero attached hydrogens (tertiary/aromatic N) is 1. The molecule has 22 heavy (non-hydrogen) atoms. The van der Waals surface area contributed by atoms with E-state index in [-0.39, 0.29) is 22.7 Å². The second-order valence-corrected chi connectivity index (χ2v) is 5.99. The van der Waals surface area contributed by atoms with Crippen LogP contribution in [-0.4, -0.2) is 23.5 Å². The van der Waals surface area contributed by atoms with E-state index in [0.29, 0.717) is 19.4 Å². The van der Waals surface area contributed by atoms with Gasteiger partial charge in [-0.2, -0.15) is 0 Å². The molecule has 0 bridgehead atoms. The van der Waals surface area contributed by atoms with E-state index in [1.807, 2.05) is 30.3 Å². The molecule has 1 aromatic rings. The quantitative estimate of drug-likeness (QED) is 0.440. The normalized spacial score (nSPS) is 22.2. The molecule has 1 saturated carbocycles. The first kappa shape index (κ1) is 16.5. The summed E-state index contributed by atoms with van der Waals surface area (Å²) in [6.07, 6.45) is 3.30. The summed E-state index contributed by atoms with van der Waals surface area (Å²) in [5.41, 5.74) is 0.998. The first-order chi connectivity index (χ1) is 10.6. The Morgan fingerprint density at radius 3 is 2.73 bits per heavy atom. The smallest absolute Gasteiger partial charge is 0.306 e. The number of hydrogen-bond acceptors (Lipinski definition) is 4. The highest BCUT2D eigenvalue weighted by Crippen LogP contribution is 2.37. The molecule has 1 aliphatic carbocycles. The van der Waals surface area contributed by atoms with Gasteiger partial charge in [-0.15, -0.1) is 0 Å². The van der Waals surface area contributed by atoms with Gasteiger partial charge in [0.25, 0.3) is 0 Å². The molecule has 1 fully saturated rings. The Hall–Kier alpha value is -1.91. The van der Waals surface area contributed by atoms with Crippen molar-refractivity contribution in [2.24, 2.45) is 11.8 Å². The van der Waals surface area contributed by atoms with Crippen molar-refractivity contribution in [3.05, 3.63) is 46.0 Å². The molecule has 5 heteroatoms. The van der Waals surface area contributed by atoms with E-state index in [1.54, 1.807) is 6.92 Å². The minimum Gasteiger partial charge on any atom is -0.466 e. The Kier molecular flexibility index (Phi) is 5.92. The summed E-state index contributed by atoms with van der Waals surface area (Å²) in [6.45, 7) is 2.18. The van der Waals surface area contributed by atoms with Crippen LogP contribution in [0.4, 0.5) is 0 Å². The molecule has 0 aliphatic heterocycles. The summed E-state index contributed by atoms with van der Waals surface area (Å²) in [6, 6.07) is 9.03. The average molecular weight is 305 g/mol. The predicted molar refractivity (Wildman–Crippen MR) is 83.0 cm³/mol. The highest BCUT2D eigenvalue weighted by molar-refractivity contribution is 5.69. The Balaban J connectivity index is 1.93. The van der Waals surface area contributed by atoms with Crippen molar-refractivity contribution < 1.29 is 14.5 Å². The zero-order chi connectivity index (χ0) is 15.9. The van der Waals surface area contributed by atoms with Crippen LogP contribution in [0.15, 0.2) is 30.3 Å². The third kappa shape index (κ3) is 4.55. The third-order valence-electron chi connectivity index (χ3n) is 4.45. The molecular formula is C17H23NO4. The van der Waals surface area contributed by atoms with Crippen molar-refractivity contribution in [3.63, 3.8) is 0 Å². The second-order valence-electron chi connectivity index (χ2n) is 5.99. The number of carbonyl (C=O) groups is 1. The fraction of sp³-hybridized carbons (Fsp3) is 0.588. The maximum atomic E-state index is 11.5. The maximum Gasteiger partial charge on any atom is 0.306 e. The van der Waals surface area contributed by atoms with Crippen LogP contribution in [0.2, 0.25) is 0 Å². The summed E-state index contributed by atoms with van der Waals surface area (Å²) < 4.78 is 4.97. The lowest BCUT2D eigenvalue weighted by Crippen LogP contribution is -2.30. The van der Waals surface area contributed by atoms with Crippen molar-refractivity contribution in [1.82, 2.24) is 0 Å². The number of rotatable bonds is 7. The first-order valence-electron chi connectivity index (χ1n) is 7.93. The zero-order valence-electron chi connectivity index (χ0n) is 12.9. The van der Waals surface area contributed by atoms with Gasteiger partial charge in [0.1, 0.15) is 0 Å². The van der Waals surface area contributed by atoms with Crippen LogP contribution < -0.4 is 0 Å². The summed E-state index contributed by atoms with van der Waals surface area (Å²) in [5.74, 6) is 0.0887. The highest BCUT2D eigenvalue weighted by Gasteiger charge is 2.38. The monoisotopic (exact) mass is 305 g/mol. The zero-order valence-corrected chi connectivity index (χ0v) is 12.9. The summed E-state index contributed by atoms with van der Waals surface area (Å²) in [5, 5.41) is 11.4. The molecule has 0 saturated heterocycles. The largest absolute Gasteiger partial charge is 0.466 e. The summed E-state index contributed by atoms with van der Waals surface area (Å²) in [7, 11) is 0. The van der Waals surface area contributed by atoms with Crippen LogP contribution in [0.3, 0.4) is 0 Å². The van der Waals surface area contributed by atoms with Gasteiger partial charge in [-0.25, -0.2) is 0 Å². The number of ether oxygens (including phenoxy) is 1. The van der Waals surface area contributed by atoms with Gasteiger partial charge in [0, 0.05) is 23.7 Å². The van der Waals surface area contributed by atoms with Gasteiger partial charge in [-0.3, -0.25) is 14.9 Å². The molecule has 120 valence electrons. The van der Waals surface area contributed by atoms with Gasteiger partial charge in [0.15, 0.2) is 0 Å². The van der Waals surface area contributed by atoms with E-state index in [2.05, 4.69) is 0 Å². The summed E-state index contributed by atoms with van der Waals surface area (Å²) in [4.78, 5) is 22.8. The third-order valence-corrected chi connectivity index (χ3v) is 4.45. The minimum atomic E-state index is -0.561. The number of benzene rings is 1. The number of esters is 1. The highest BCUT2D eigenvalue weighted by atomic mass is 16.6.